The van der Waals surface area contributed by atoms with Gasteiger partial charge in [-0.2, -0.15) is 9.50 Å². The minimum Gasteiger partial charge on any atom is -0.485 e. The van der Waals surface area contributed by atoms with Crippen LogP contribution in [0.4, 0.5) is 0 Å². The molecular formula is C22H19N3O3S. The lowest BCUT2D eigenvalue weighted by Gasteiger charge is -2.24. The van der Waals surface area contributed by atoms with Crippen LogP contribution in [0.15, 0.2) is 53.3 Å². The van der Waals surface area contributed by atoms with E-state index in [1.807, 2.05) is 42.5 Å². The van der Waals surface area contributed by atoms with Gasteiger partial charge in [-0.1, -0.05) is 61.6 Å². The molecule has 0 saturated carbocycles. The SMILES string of the molecule is CC(C)c1ccc(/C=c2\sc3nc(C4COc5ccccc5O4)nn3c2=O)cc1. The third-order valence-electron chi connectivity index (χ3n) is 4.90. The number of hydrogen-bond donors (Lipinski definition) is 0. The number of rotatable bonds is 3. The van der Waals surface area contributed by atoms with Gasteiger partial charge in [0.15, 0.2) is 23.4 Å². The van der Waals surface area contributed by atoms with Gasteiger partial charge in [-0.25, -0.2) is 0 Å². The number of hydrogen-bond acceptors (Lipinski definition) is 6. The number of aromatic nitrogens is 3. The van der Waals surface area contributed by atoms with Gasteiger partial charge in [0.2, 0.25) is 4.96 Å². The summed E-state index contributed by atoms with van der Waals surface area (Å²) in [6.07, 6.45) is 1.44. The van der Waals surface area contributed by atoms with Crippen LogP contribution in [0.1, 0.15) is 42.8 Å². The third-order valence-corrected chi connectivity index (χ3v) is 5.85. The van der Waals surface area contributed by atoms with Crippen molar-refractivity contribution in [3.05, 3.63) is 80.4 Å². The Morgan fingerprint density at radius 2 is 1.90 bits per heavy atom. The van der Waals surface area contributed by atoms with Crippen LogP contribution in [0.2, 0.25) is 0 Å². The van der Waals surface area contributed by atoms with Crippen molar-refractivity contribution in [2.24, 2.45) is 0 Å². The van der Waals surface area contributed by atoms with E-state index in [2.05, 4.69) is 36.1 Å². The zero-order chi connectivity index (χ0) is 20.0. The summed E-state index contributed by atoms with van der Waals surface area (Å²) >= 11 is 1.32. The molecule has 2 aromatic carbocycles. The molecule has 0 N–H and O–H groups in total. The maximum atomic E-state index is 12.8. The molecule has 0 saturated heterocycles. The standard InChI is InChI=1S/C22H19N3O3S/c1-13(2)15-9-7-14(8-10-15)11-19-21(26)25-22(29-19)23-20(24-25)18-12-27-16-5-3-4-6-17(16)28-18/h3-11,13,18H,12H2,1-2H3/b19-11-. The first kappa shape index (κ1) is 17.9. The molecule has 0 bridgehead atoms. The Bertz CT molecular complexity index is 1290. The fourth-order valence-electron chi connectivity index (χ4n) is 3.26. The van der Waals surface area contributed by atoms with Gasteiger partial charge in [0.05, 0.1) is 4.53 Å². The van der Waals surface area contributed by atoms with E-state index in [4.69, 9.17) is 9.47 Å². The molecule has 5 rings (SSSR count). The minimum absolute atomic E-state index is 0.172. The Morgan fingerprint density at radius 1 is 1.14 bits per heavy atom. The Balaban J connectivity index is 1.45. The van der Waals surface area contributed by atoms with Gasteiger partial charge in [0, 0.05) is 0 Å². The Hall–Kier alpha value is -3.19. The maximum absolute atomic E-state index is 12.8. The summed E-state index contributed by atoms with van der Waals surface area (Å²) in [5.74, 6) is 2.29. The summed E-state index contributed by atoms with van der Waals surface area (Å²) in [5.41, 5.74) is 2.08. The Labute approximate surface area is 171 Å². The molecule has 0 spiro atoms. The summed E-state index contributed by atoms with van der Waals surface area (Å²) < 4.78 is 13.6. The zero-order valence-electron chi connectivity index (χ0n) is 16.0. The molecule has 0 aliphatic carbocycles. The largest absolute Gasteiger partial charge is 0.485 e. The van der Waals surface area contributed by atoms with E-state index < -0.39 is 6.10 Å². The number of thiazole rings is 1. The highest BCUT2D eigenvalue weighted by molar-refractivity contribution is 7.15. The predicted molar refractivity (Wildman–Crippen MR) is 112 cm³/mol. The van der Waals surface area contributed by atoms with Crippen LogP contribution in [0, 0.1) is 0 Å². The topological polar surface area (TPSA) is 65.7 Å². The molecule has 29 heavy (non-hydrogen) atoms. The fourth-order valence-corrected chi connectivity index (χ4v) is 4.18. The molecule has 146 valence electrons. The highest BCUT2D eigenvalue weighted by atomic mass is 32.1. The molecule has 0 radical (unpaired) electrons. The van der Waals surface area contributed by atoms with E-state index in [1.54, 1.807) is 0 Å². The summed E-state index contributed by atoms with van der Waals surface area (Å²) in [6, 6.07) is 15.7. The van der Waals surface area contributed by atoms with Crippen LogP contribution in [-0.2, 0) is 0 Å². The summed E-state index contributed by atoms with van der Waals surface area (Å²) in [5, 5.41) is 4.39. The monoisotopic (exact) mass is 405 g/mol. The van der Waals surface area contributed by atoms with Crippen molar-refractivity contribution in [2.75, 3.05) is 6.61 Å². The predicted octanol–water partition coefficient (Wildman–Crippen LogP) is 3.33. The van der Waals surface area contributed by atoms with Crippen molar-refractivity contribution >= 4 is 22.4 Å². The molecular weight excluding hydrogens is 386 g/mol. The number of fused-ring (bicyclic) bond motifs is 2. The highest BCUT2D eigenvalue weighted by Crippen LogP contribution is 2.35. The molecule has 4 aromatic rings. The normalized spacial score (nSPS) is 16.7. The smallest absolute Gasteiger partial charge is 0.291 e. The number of para-hydroxylation sites is 2. The van der Waals surface area contributed by atoms with Crippen molar-refractivity contribution in [1.82, 2.24) is 14.6 Å². The third kappa shape index (κ3) is 3.27. The van der Waals surface area contributed by atoms with Crippen LogP contribution in [0.25, 0.3) is 11.0 Å². The molecule has 2 aromatic heterocycles. The molecule has 1 unspecified atom stereocenters. The van der Waals surface area contributed by atoms with Crippen molar-refractivity contribution in [3.63, 3.8) is 0 Å². The van der Waals surface area contributed by atoms with E-state index in [1.165, 1.54) is 21.4 Å². The first-order chi connectivity index (χ1) is 14.1. The lowest BCUT2D eigenvalue weighted by Crippen LogP contribution is -2.26. The molecule has 3 heterocycles. The highest BCUT2D eigenvalue weighted by Gasteiger charge is 2.27. The molecule has 7 heteroatoms. The van der Waals surface area contributed by atoms with Gasteiger partial charge in [-0.05, 0) is 35.3 Å². The average Bonchev–Trinajstić information content (AvgIpc) is 3.28. The zero-order valence-corrected chi connectivity index (χ0v) is 16.8. The summed E-state index contributed by atoms with van der Waals surface area (Å²) in [4.78, 5) is 17.8. The minimum atomic E-state index is -0.438. The molecule has 1 aliphatic heterocycles. The first-order valence-electron chi connectivity index (χ1n) is 9.48. The summed E-state index contributed by atoms with van der Waals surface area (Å²) in [6.45, 7) is 4.63. The van der Waals surface area contributed by atoms with E-state index in [0.29, 0.717) is 39.3 Å². The molecule has 1 atom stereocenters. The van der Waals surface area contributed by atoms with Crippen LogP contribution < -0.4 is 19.6 Å². The lowest BCUT2D eigenvalue weighted by atomic mass is 10.0. The average molecular weight is 405 g/mol. The lowest BCUT2D eigenvalue weighted by molar-refractivity contribution is 0.0852. The van der Waals surface area contributed by atoms with Crippen molar-refractivity contribution in [1.29, 1.82) is 0 Å². The van der Waals surface area contributed by atoms with Gasteiger partial charge >= 0.3 is 0 Å². The van der Waals surface area contributed by atoms with Crippen LogP contribution in [-0.4, -0.2) is 21.2 Å². The maximum Gasteiger partial charge on any atom is 0.291 e. The van der Waals surface area contributed by atoms with Crippen molar-refractivity contribution < 1.29 is 9.47 Å². The Morgan fingerprint density at radius 3 is 2.62 bits per heavy atom. The van der Waals surface area contributed by atoms with Crippen LogP contribution >= 0.6 is 11.3 Å². The van der Waals surface area contributed by atoms with Crippen LogP contribution in [0.5, 0.6) is 11.5 Å². The first-order valence-corrected chi connectivity index (χ1v) is 10.3. The molecule has 0 fully saturated rings. The van der Waals surface area contributed by atoms with E-state index in [9.17, 15) is 4.79 Å². The molecule has 1 aliphatic rings. The molecule has 0 amide bonds. The van der Waals surface area contributed by atoms with Gasteiger partial charge in [-0.3, -0.25) is 4.79 Å². The van der Waals surface area contributed by atoms with Gasteiger partial charge in [0.25, 0.3) is 5.56 Å². The second-order valence-corrected chi connectivity index (χ2v) is 8.27. The second-order valence-electron chi connectivity index (χ2n) is 7.27. The number of ether oxygens (including phenoxy) is 2. The van der Waals surface area contributed by atoms with Gasteiger partial charge < -0.3 is 9.47 Å². The number of benzene rings is 2. The van der Waals surface area contributed by atoms with Gasteiger partial charge in [-0.15, -0.1) is 5.10 Å². The quantitative estimate of drug-likeness (QED) is 0.523. The fraction of sp³-hybridized carbons (Fsp3) is 0.227. The Kier molecular flexibility index (Phi) is 4.32. The second kappa shape index (κ2) is 7.00. The van der Waals surface area contributed by atoms with E-state index >= 15 is 0 Å². The van der Waals surface area contributed by atoms with Crippen molar-refractivity contribution in [2.45, 2.75) is 25.9 Å². The molecule has 6 nitrogen and oxygen atoms in total. The van der Waals surface area contributed by atoms with E-state index in [-0.39, 0.29) is 5.56 Å². The van der Waals surface area contributed by atoms with Crippen LogP contribution in [0.3, 0.4) is 0 Å². The van der Waals surface area contributed by atoms with Crippen molar-refractivity contribution in [3.8, 4) is 11.5 Å². The summed E-state index contributed by atoms with van der Waals surface area (Å²) in [7, 11) is 0. The van der Waals surface area contributed by atoms with Gasteiger partial charge in [0.1, 0.15) is 6.61 Å². The van der Waals surface area contributed by atoms with E-state index in [0.717, 1.165) is 5.56 Å². The number of nitrogens with zero attached hydrogens (tertiary/aromatic N) is 3.